The van der Waals surface area contributed by atoms with E-state index in [0.717, 1.165) is 0 Å². The Morgan fingerprint density at radius 2 is 1.73 bits per heavy atom. The van der Waals surface area contributed by atoms with Crippen molar-refractivity contribution in [3.8, 4) is 17.2 Å². The zero-order chi connectivity index (χ0) is 11.1. The second kappa shape index (κ2) is 3.29. The third-order valence-corrected chi connectivity index (χ3v) is 2.30. The quantitative estimate of drug-likeness (QED) is 0.776. The molecule has 0 bridgehead atoms. The molecule has 0 amide bonds. The Bertz CT molecular complexity index is 382. The summed E-state index contributed by atoms with van der Waals surface area (Å²) in [5.74, 6) is 0.846. The van der Waals surface area contributed by atoms with Crippen molar-refractivity contribution in [3.05, 3.63) is 17.7 Å². The Kier molecular flexibility index (Phi) is 2.21. The van der Waals surface area contributed by atoms with E-state index in [1.807, 2.05) is 0 Å². The number of rotatable bonds is 1. The topological polar surface area (TPSA) is 38.7 Å². The Labute approximate surface area is 87.4 Å². The van der Waals surface area contributed by atoms with Gasteiger partial charge in [-0.1, -0.05) is 0 Å². The number of aromatic hydroxyl groups is 1. The number of phenolic OH excluding ortho intramolecular Hbond substituents is 1. The van der Waals surface area contributed by atoms with Gasteiger partial charge in [0.2, 0.25) is 0 Å². The molecule has 0 spiro atoms. The molecule has 1 N–H and O–H groups in total. The Morgan fingerprint density at radius 1 is 1.20 bits per heavy atom. The van der Waals surface area contributed by atoms with Gasteiger partial charge < -0.3 is 14.6 Å². The Morgan fingerprint density at radius 3 is 2.27 bits per heavy atom. The first-order chi connectivity index (χ1) is 6.98. The van der Waals surface area contributed by atoms with Crippen molar-refractivity contribution >= 4 is 0 Å². The number of fused-ring (bicyclic) bond motifs is 1. The van der Waals surface area contributed by atoms with Gasteiger partial charge in [0.15, 0.2) is 11.5 Å². The van der Waals surface area contributed by atoms with Crippen LogP contribution in [0.4, 0.5) is 4.39 Å². The first-order valence-corrected chi connectivity index (χ1v) is 4.80. The lowest BCUT2D eigenvalue weighted by Crippen LogP contribution is -2.17. The molecule has 0 saturated heterocycles. The van der Waals surface area contributed by atoms with Crippen molar-refractivity contribution in [2.24, 2.45) is 0 Å². The van der Waals surface area contributed by atoms with Crippen LogP contribution in [0.25, 0.3) is 0 Å². The fourth-order valence-electron chi connectivity index (χ4n) is 1.55. The lowest BCUT2D eigenvalue weighted by molar-refractivity contribution is 0.167. The van der Waals surface area contributed by atoms with Crippen molar-refractivity contribution in [1.29, 1.82) is 0 Å². The lowest BCUT2D eigenvalue weighted by Gasteiger charge is -2.22. The van der Waals surface area contributed by atoms with Gasteiger partial charge in [-0.3, -0.25) is 0 Å². The van der Waals surface area contributed by atoms with Gasteiger partial charge in [0.1, 0.15) is 24.6 Å². The van der Waals surface area contributed by atoms with Crippen molar-refractivity contribution in [2.45, 2.75) is 19.5 Å². The summed E-state index contributed by atoms with van der Waals surface area (Å²) in [6, 6.07) is 2.88. The van der Waals surface area contributed by atoms with Crippen LogP contribution < -0.4 is 9.47 Å². The summed E-state index contributed by atoms with van der Waals surface area (Å²) in [5.41, 5.74) is -1.38. The largest absolute Gasteiger partial charge is 0.507 e. The Balaban J connectivity index is 2.50. The van der Waals surface area contributed by atoms with Crippen molar-refractivity contribution in [2.75, 3.05) is 13.2 Å². The zero-order valence-electron chi connectivity index (χ0n) is 8.71. The smallest absolute Gasteiger partial charge is 0.165 e. The normalized spacial score (nSPS) is 15.1. The molecule has 2 rings (SSSR count). The minimum Gasteiger partial charge on any atom is -0.507 e. The van der Waals surface area contributed by atoms with E-state index < -0.39 is 5.67 Å². The van der Waals surface area contributed by atoms with Crippen LogP contribution in [0.15, 0.2) is 12.1 Å². The molecule has 1 aromatic carbocycles. The van der Waals surface area contributed by atoms with E-state index in [2.05, 4.69) is 0 Å². The lowest BCUT2D eigenvalue weighted by atomic mass is 9.98. The molecule has 0 radical (unpaired) electrons. The number of alkyl halides is 1. The summed E-state index contributed by atoms with van der Waals surface area (Å²) in [5, 5.41) is 9.63. The molecule has 0 saturated carbocycles. The van der Waals surface area contributed by atoms with Crippen LogP contribution in [0.3, 0.4) is 0 Å². The number of ether oxygens (including phenoxy) is 2. The number of hydrogen-bond donors (Lipinski definition) is 1. The monoisotopic (exact) mass is 212 g/mol. The van der Waals surface area contributed by atoms with Crippen molar-refractivity contribution < 1.29 is 19.0 Å². The van der Waals surface area contributed by atoms with Crippen LogP contribution in [-0.4, -0.2) is 18.3 Å². The number of hydrogen-bond acceptors (Lipinski definition) is 3. The maximum atomic E-state index is 13.7. The average Bonchev–Trinajstić information content (AvgIpc) is 2.15. The molecule has 82 valence electrons. The zero-order valence-corrected chi connectivity index (χ0v) is 8.71. The molecule has 1 aliphatic heterocycles. The minimum atomic E-state index is -1.60. The first kappa shape index (κ1) is 10.1. The molecule has 1 heterocycles. The van der Waals surface area contributed by atoms with Crippen LogP contribution in [-0.2, 0) is 5.67 Å². The van der Waals surface area contributed by atoms with Crippen LogP contribution in [0, 0.1) is 0 Å². The van der Waals surface area contributed by atoms with Gasteiger partial charge >= 0.3 is 0 Å². The van der Waals surface area contributed by atoms with Gasteiger partial charge in [-0.2, -0.15) is 0 Å². The highest BCUT2D eigenvalue weighted by molar-refractivity contribution is 5.52. The van der Waals surface area contributed by atoms with Crippen LogP contribution in [0.2, 0.25) is 0 Å². The van der Waals surface area contributed by atoms with E-state index in [4.69, 9.17) is 9.47 Å². The molecular formula is C11H13FO3. The molecule has 0 aromatic heterocycles. The minimum absolute atomic E-state index is 0.105. The number of benzene rings is 1. The van der Waals surface area contributed by atoms with Gasteiger partial charge in [0.25, 0.3) is 0 Å². The van der Waals surface area contributed by atoms with Crippen LogP contribution in [0.5, 0.6) is 17.2 Å². The molecule has 4 heteroatoms. The predicted octanol–water partition coefficient (Wildman–Crippen LogP) is 2.37. The third kappa shape index (κ3) is 1.84. The Hall–Kier alpha value is -1.45. The maximum Gasteiger partial charge on any atom is 0.165 e. The van der Waals surface area contributed by atoms with Gasteiger partial charge in [0.05, 0.1) is 0 Å². The number of halogens is 1. The number of phenols is 1. The third-order valence-electron chi connectivity index (χ3n) is 2.30. The first-order valence-electron chi connectivity index (χ1n) is 4.80. The van der Waals surface area contributed by atoms with E-state index in [1.165, 1.54) is 26.0 Å². The van der Waals surface area contributed by atoms with Crippen LogP contribution in [0.1, 0.15) is 19.4 Å². The summed E-state index contributed by atoms with van der Waals surface area (Å²) < 4.78 is 24.3. The van der Waals surface area contributed by atoms with Gasteiger partial charge in [-0.25, -0.2) is 4.39 Å². The van der Waals surface area contributed by atoms with E-state index in [1.54, 1.807) is 0 Å². The standard InChI is InChI=1S/C11H13FO3/c1-11(2,12)7-5-9-10(6-8(7)13)15-4-3-14-9/h5-6,13H,3-4H2,1-2H3. The van der Waals surface area contributed by atoms with Gasteiger partial charge in [0, 0.05) is 11.6 Å². The maximum absolute atomic E-state index is 13.7. The molecule has 0 unspecified atom stereocenters. The summed E-state index contributed by atoms with van der Waals surface area (Å²) >= 11 is 0. The molecule has 15 heavy (non-hydrogen) atoms. The molecule has 3 nitrogen and oxygen atoms in total. The summed E-state index contributed by atoms with van der Waals surface area (Å²) in [6.07, 6.45) is 0. The van der Waals surface area contributed by atoms with Gasteiger partial charge in [-0.15, -0.1) is 0 Å². The molecule has 0 atom stereocenters. The predicted molar refractivity (Wildman–Crippen MR) is 53.2 cm³/mol. The van der Waals surface area contributed by atoms with Crippen LogP contribution >= 0.6 is 0 Å². The average molecular weight is 212 g/mol. The highest BCUT2D eigenvalue weighted by Crippen LogP contribution is 2.41. The highest BCUT2D eigenvalue weighted by atomic mass is 19.1. The molecule has 1 aliphatic rings. The van der Waals surface area contributed by atoms with E-state index >= 15 is 0 Å². The summed E-state index contributed by atoms with van der Waals surface area (Å²) in [4.78, 5) is 0. The van der Waals surface area contributed by atoms with Crippen molar-refractivity contribution in [1.82, 2.24) is 0 Å². The van der Waals surface area contributed by atoms with E-state index in [0.29, 0.717) is 24.7 Å². The highest BCUT2D eigenvalue weighted by Gasteiger charge is 2.26. The second-order valence-corrected chi connectivity index (χ2v) is 3.99. The summed E-state index contributed by atoms with van der Waals surface area (Å²) in [7, 11) is 0. The second-order valence-electron chi connectivity index (χ2n) is 3.99. The van der Waals surface area contributed by atoms with Crippen molar-refractivity contribution in [3.63, 3.8) is 0 Å². The molecule has 1 aromatic rings. The fraction of sp³-hybridized carbons (Fsp3) is 0.455. The molecular weight excluding hydrogens is 199 g/mol. The van der Waals surface area contributed by atoms with E-state index in [9.17, 15) is 9.50 Å². The van der Waals surface area contributed by atoms with E-state index in [-0.39, 0.29) is 11.3 Å². The molecule has 0 fully saturated rings. The van der Waals surface area contributed by atoms with Gasteiger partial charge in [-0.05, 0) is 19.9 Å². The SMILES string of the molecule is CC(C)(F)c1cc2c(cc1O)OCCO2. The molecule has 0 aliphatic carbocycles. The fourth-order valence-corrected chi connectivity index (χ4v) is 1.55. The summed E-state index contributed by atoms with van der Waals surface area (Å²) in [6.45, 7) is 3.67.